The van der Waals surface area contributed by atoms with E-state index in [4.69, 9.17) is 9.47 Å². The van der Waals surface area contributed by atoms with E-state index in [1.807, 2.05) is 35.3 Å². The van der Waals surface area contributed by atoms with Crippen LogP contribution in [0.1, 0.15) is 45.1 Å². The molecule has 1 amide bonds. The Hall–Kier alpha value is -2.23. The lowest BCUT2D eigenvalue weighted by atomic mass is 10.2. The van der Waals surface area contributed by atoms with Gasteiger partial charge in [0, 0.05) is 19.2 Å². The molecule has 1 aromatic carbocycles. The second kappa shape index (κ2) is 9.81. The quantitative estimate of drug-likeness (QED) is 0.497. The first-order valence-electron chi connectivity index (χ1n) is 8.78. The van der Waals surface area contributed by atoms with E-state index in [0.717, 1.165) is 55.8 Å². The summed E-state index contributed by atoms with van der Waals surface area (Å²) < 4.78 is 10.6. The van der Waals surface area contributed by atoms with Crippen LogP contribution in [0.3, 0.4) is 0 Å². The second-order valence-corrected chi connectivity index (χ2v) is 5.86. The molecule has 0 saturated carbocycles. The summed E-state index contributed by atoms with van der Waals surface area (Å²) in [4.78, 5) is 14.2. The van der Waals surface area contributed by atoms with Gasteiger partial charge < -0.3 is 14.4 Å². The number of unbranched alkanes of at least 4 members (excludes halogenated alkanes) is 2. The zero-order valence-corrected chi connectivity index (χ0v) is 14.7. The van der Waals surface area contributed by atoms with E-state index < -0.39 is 0 Å². The van der Waals surface area contributed by atoms with E-state index in [0.29, 0.717) is 0 Å². The fourth-order valence-corrected chi connectivity index (χ4v) is 2.46. The maximum absolute atomic E-state index is 12.3. The maximum atomic E-state index is 12.3. The molecule has 4 heteroatoms. The highest BCUT2D eigenvalue weighted by molar-refractivity contribution is 5.88. The fraction of sp³-hybridized carbons (Fsp3) is 0.450. The summed E-state index contributed by atoms with van der Waals surface area (Å²) in [5.41, 5.74) is 1.02. The molecule has 1 aromatic rings. The predicted molar refractivity (Wildman–Crippen MR) is 97.1 cm³/mol. The van der Waals surface area contributed by atoms with Crippen LogP contribution in [0.5, 0.6) is 11.5 Å². The van der Waals surface area contributed by atoms with E-state index in [9.17, 15) is 4.79 Å². The van der Waals surface area contributed by atoms with E-state index in [2.05, 4.69) is 13.8 Å². The van der Waals surface area contributed by atoms with Gasteiger partial charge in [-0.2, -0.15) is 0 Å². The highest BCUT2D eigenvalue weighted by atomic mass is 16.7. The molecule has 0 fully saturated rings. The van der Waals surface area contributed by atoms with Crippen molar-refractivity contribution in [2.75, 3.05) is 19.9 Å². The van der Waals surface area contributed by atoms with Gasteiger partial charge in [-0.1, -0.05) is 51.0 Å². The standard InChI is InChI=1S/C20H27NO3/c1-3-5-13-21(14-6-4-2)20(22)10-8-7-9-17-11-12-18-19(15-17)24-16-23-18/h7-12,15H,3-6,13-14,16H2,1-2H3/b9-7-,10-8+. The van der Waals surface area contributed by atoms with E-state index in [-0.39, 0.29) is 12.7 Å². The Labute approximate surface area is 144 Å². The Morgan fingerprint density at radius 2 is 1.79 bits per heavy atom. The summed E-state index contributed by atoms with van der Waals surface area (Å²) in [7, 11) is 0. The first kappa shape index (κ1) is 18.1. The number of fused-ring (bicyclic) bond motifs is 1. The molecule has 0 aliphatic carbocycles. The van der Waals surface area contributed by atoms with Crippen LogP contribution < -0.4 is 9.47 Å². The summed E-state index contributed by atoms with van der Waals surface area (Å²) in [5, 5.41) is 0. The van der Waals surface area contributed by atoms with Crippen LogP contribution in [0.15, 0.2) is 36.4 Å². The Bertz CT molecular complexity index is 585. The SMILES string of the molecule is CCCCN(CCCC)C(=O)/C=C/C=C\c1ccc2c(c1)OCO2. The molecule has 0 unspecified atom stereocenters. The molecule has 0 N–H and O–H groups in total. The molecule has 0 bridgehead atoms. The van der Waals surface area contributed by atoms with Gasteiger partial charge in [0.25, 0.3) is 0 Å². The first-order valence-corrected chi connectivity index (χ1v) is 8.78. The van der Waals surface area contributed by atoms with Gasteiger partial charge in [-0.15, -0.1) is 0 Å². The number of nitrogens with zero attached hydrogens (tertiary/aromatic N) is 1. The zero-order chi connectivity index (χ0) is 17.2. The number of carbonyl (C=O) groups excluding carboxylic acids is 1. The summed E-state index contributed by atoms with van der Waals surface area (Å²) >= 11 is 0. The van der Waals surface area contributed by atoms with Gasteiger partial charge in [0.05, 0.1) is 0 Å². The lowest BCUT2D eigenvalue weighted by Crippen LogP contribution is -2.31. The van der Waals surface area contributed by atoms with Crippen LogP contribution in [0.2, 0.25) is 0 Å². The van der Waals surface area contributed by atoms with Crippen LogP contribution in [-0.2, 0) is 4.79 Å². The van der Waals surface area contributed by atoms with Gasteiger partial charge in [-0.3, -0.25) is 4.79 Å². The zero-order valence-electron chi connectivity index (χ0n) is 14.7. The van der Waals surface area contributed by atoms with E-state index in [1.165, 1.54) is 0 Å². The lowest BCUT2D eigenvalue weighted by molar-refractivity contribution is -0.126. The van der Waals surface area contributed by atoms with Crippen LogP contribution in [-0.4, -0.2) is 30.7 Å². The molecule has 1 heterocycles. The number of hydrogen-bond acceptors (Lipinski definition) is 3. The molecular weight excluding hydrogens is 302 g/mol. The Morgan fingerprint density at radius 3 is 2.50 bits per heavy atom. The minimum absolute atomic E-state index is 0.0900. The van der Waals surface area contributed by atoms with Crippen molar-refractivity contribution in [3.63, 3.8) is 0 Å². The summed E-state index contributed by atoms with van der Waals surface area (Å²) in [6.45, 7) is 6.25. The second-order valence-electron chi connectivity index (χ2n) is 5.86. The van der Waals surface area contributed by atoms with E-state index >= 15 is 0 Å². The maximum Gasteiger partial charge on any atom is 0.246 e. The molecule has 0 radical (unpaired) electrons. The average Bonchev–Trinajstić information content (AvgIpc) is 3.06. The highest BCUT2D eigenvalue weighted by Crippen LogP contribution is 2.32. The van der Waals surface area contributed by atoms with Gasteiger partial charge in [0.1, 0.15) is 0 Å². The molecule has 1 aliphatic rings. The van der Waals surface area contributed by atoms with Crippen molar-refractivity contribution in [1.82, 2.24) is 4.90 Å². The van der Waals surface area contributed by atoms with Crippen LogP contribution in [0.4, 0.5) is 0 Å². The van der Waals surface area contributed by atoms with Gasteiger partial charge >= 0.3 is 0 Å². The summed E-state index contributed by atoms with van der Waals surface area (Å²) in [5.74, 6) is 1.63. The Morgan fingerprint density at radius 1 is 1.08 bits per heavy atom. The molecule has 2 rings (SSSR count). The van der Waals surface area contributed by atoms with Crippen molar-refractivity contribution in [1.29, 1.82) is 0 Å². The predicted octanol–water partition coefficient (Wildman–Crippen LogP) is 4.41. The molecule has 1 aliphatic heterocycles. The lowest BCUT2D eigenvalue weighted by Gasteiger charge is -2.20. The van der Waals surface area contributed by atoms with Gasteiger partial charge in [0.15, 0.2) is 11.5 Å². The van der Waals surface area contributed by atoms with Crippen molar-refractivity contribution in [3.8, 4) is 11.5 Å². The largest absolute Gasteiger partial charge is 0.454 e. The van der Waals surface area contributed by atoms with Crippen molar-refractivity contribution in [2.24, 2.45) is 0 Å². The molecule has 24 heavy (non-hydrogen) atoms. The van der Waals surface area contributed by atoms with Gasteiger partial charge in [-0.05, 0) is 30.5 Å². The smallest absolute Gasteiger partial charge is 0.246 e. The average molecular weight is 329 g/mol. The monoisotopic (exact) mass is 329 g/mol. The van der Waals surface area contributed by atoms with Crippen molar-refractivity contribution >= 4 is 12.0 Å². The molecule has 4 nitrogen and oxygen atoms in total. The third-order valence-electron chi connectivity index (χ3n) is 3.91. The number of carbonyl (C=O) groups is 1. The van der Waals surface area contributed by atoms with Crippen molar-refractivity contribution in [3.05, 3.63) is 42.0 Å². The normalized spacial score (nSPS) is 13.1. The number of benzene rings is 1. The third kappa shape index (κ3) is 5.44. The van der Waals surface area contributed by atoms with Crippen molar-refractivity contribution < 1.29 is 14.3 Å². The molecule has 0 aromatic heterocycles. The highest BCUT2D eigenvalue weighted by Gasteiger charge is 2.12. The fourth-order valence-electron chi connectivity index (χ4n) is 2.46. The summed E-state index contributed by atoms with van der Waals surface area (Å²) in [6.07, 6.45) is 11.6. The molecule has 0 atom stereocenters. The van der Waals surface area contributed by atoms with Gasteiger partial charge in [-0.25, -0.2) is 0 Å². The minimum Gasteiger partial charge on any atom is -0.454 e. The first-order chi connectivity index (χ1) is 11.7. The van der Waals surface area contributed by atoms with E-state index in [1.54, 1.807) is 12.2 Å². The Balaban J connectivity index is 1.89. The molecule has 130 valence electrons. The van der Waals surface area contributed by atoms with Crippen LogP contribution in [0.25, 0.3) is 6.08 Å². The van der Waals surface area contributed by atoms with Gasteiger partial charge in [0.2, 0.25) is 12.7 Å². The minimum atomic E-state index is 0.0900. The number of hydrogen-bond donors (Lipinski definition) is 0. The topological polar surface area (TPSA) is 38.8 Å². The van der Waals surface area contributed by atoms with Crippen LogP contribution in [0, 0.1) is 0 Å². The van der Waals surface area contributed by atoms with Crippen LogP contribution >= 0.6 is 0 Å². The molecule has 0 saturated heterocycles. The summed E-state index contributed by atoms with van der Waals surface area (Å²) in [6, 6.07) is 5.80. The third-order valence-corrected chi connectivity index (χ3v) is 3.91. The number of rotatable bonds is 9. The van der Waals surface area contributed by atoms with Crippen molar-refractivity contribution in [2.45, 2.75) is 39.5 Å². The molecule has 0 spiro atoms. The number of ether oxygens (including phenoxy) is 2. The number of amides is 1. The Kier molecular flexibility index (Phi) is 7.40. The molecular formula is C20H27NO3. The number of allylic oxidation sites excluding steroid dienone is 2.